The molecule has 0 radical (unpaired) electrons. The summed E-state index contributed by atoms with van der Waals surface area (Å²) in [4.78, 5) is 0. The van der Waals surface area contributed by atoms with E-state index < -0.39 is 9.84 Å². The molecule has 0 aliphatic carbocycles. The van der Waals surface area contributed by atoms with E-state index in [9.17, 15) is 8.42 Å². The van der Waals surface area contributed by atoms with E-state index in [0.717, 1.165) is 0 Å². The van der Waals surface area contributed by atoms with Crippen molar-refractivity contribution in [2.45, 2.75) is 32.4 Å². The van der Waals surface area contributed by atoms with Gasteiger partial charge in [-0.05, 0) is 25.8 Å². The quantitative estimate of drug-likeness (QED) is 0.702. The van der Waals surface area contributed by atoms with Gasteiger partial charge in [0.2, 0.25) is 0 Å². The van der Waals surface area contributed by atoms with Crippen molar-refractivity contribution in [3.63, 3.8) is 0 Å². The smallest absolute Gasteiger partial charge is 0.153 e. The van der Waals surface area contributed by atoms with Crippen LogP contribution in [-0.2, 0) is 9.84 Å². The molecule has 0 saturated heterocycles. The van der Waals surface area contributed by atoms with E-state index in [4.69, 9.17) is 5.73 Å². The highest BCUT2D eigenvalue weighted by Crippen LogP contribution is 2.12. The summed E-state index contributed by atoms with van der Waals surface area (Å²) in [5.74, 6) is 0.413. The Morgan fingerprint density at radius 3 is 2.08 bits per heavy atom. The molecule has 74 valence electrons. The molecule has 0 aliphatic rings. The first kappa shape index (κ1) is 11.9. The maximum absolute atomic E-state index is 11.5. The van der Waals surface area contributed by atoms with Gasteiger partial charge in [0.05, 0.1) is 11.0 Å². The summed E-state index contributed by atoms with van der Waals surface area (Å²) < 4.78 is 23.0. The number of rotatable bonds is 5. The van der Waals surface area contributed by atoms with Crippen LogP contribution in [0.1, 0.15) is 27.2 Å². The SMILES string of the molecule is CC(C)C(C)S(=O)(=O)CCCN. The Morgan fingerprint density at radius 1 is 1.25 bits per heavy atom. The second-order valence-electron chi connectivity index (χ2n) is 3.46. The molecule has 4 heteroatoms. The number of nitrogens with two attached hydrogens (primary N) is 1. The number of hydrogen-bond donors (Lipinski definition) is 1. The van der Waals surface area contributed by atoms with E-state index >= 15 is 0 Å². The fraction of sp³-hybridized carbons (Fsp3) is 1.00. The molecule has 0 aromatic carbocycles. The lowest BCUT2D eigenvalue weighted by Crippen LogP contribution is -2.26. The molecule has 0 heterocycles. The summed E-state index contributed by atoms with van der Waals surface area (Å²) in [5.41, 5.74) is 5.25. The van der Waals surface area contributed by atoms with Crippen molar-refractivity contribution < 1.29 is 8.42 Å². The number of hydrogen-bond acceptors (Lipinski definition) is 3. The molecule has 0 saturated carbocycles. The summed E-state index contributed by atoms with van der Waals surface area (Å²) in [6.07, 6.45) is 0.569. The molecule has 0 rings (SSSR count). The monoisotopic (exact) mass is 193 g/mol. The van der Waals surface area contributed by atoms with Gasteiger partial charge in [-0.2, -0.15) is 0 Å². The Morgan fingerprint density at radius 2 is 1.75 bits per heavy atom. The summed E-state index contributed by atoms with van der Waals surface area (Å²) in [6.45, 7) is 6.05. The van der Waals surface area contributed by atoms with E-state index in [2.05, 4.69) is 0 Å². The zero-order chi connectivity index (χ0) is 9.78. The van der Waals surface area contributed by atoms with Gasteiger partial charge in [-0.1, -0.05) is 13.8 Å². The fourth-order valence-corrected chi connectivity index (χ4v) is 2.66. The Labute approximate surface area is 75.3 Å². The maximum Gasteiger partial charge on any atom is 0.153 e. The van der Waals surface area contributed by atoms with Crippen LogP contribution in [0, 0.1) is 5.92 Å². The molecule has 1 atom stereocenters. The van der Waals surface area contributed by atoms with Crippen molar-refractivity contribution >= 4 is 9.84 Å². The van der Waals surface area contributed by atoms with Crippen molar-refractivity contribution in [2.24, 2.45) is 11.7 Å². The van der Waals surface area contributed by atoms with Gasteiger partial charge in [0, 0.05) is 0 Å². The molecular weight excluding hydrogens is 174 g/mol. The van der Waals surface area contributed by atoms with Crippen LogP contribution in [-0.4, -0.2) is 26.0 Å². The minimum Gasteiger partial charge on any atom is -0.330 e. The van der Waals surface area contributed by atoms with Crippen LogP contribution in [0.25, 0.3) is 0 Å². The maximum atomic E-state index is 11.5. The highest BCUT2D eigenvalue weighted by molar-refractivity contribution is 7.92. The predicted molar refractivity (Wildman–Crippen MR) is 51.8 cm³/mol. The summed E-state index contributed by atoms with van der Waals surface area (Å²) >= 11 is 0. The normalized spacial score (nSPS) is 15.1. The van der Waals surface area contributed by atoms with Crippen molar-refractivity contribution in [1.29, 1.82) is 0 Å². The van der Waals surface area contributed by atoms with Crippen LogP contribution in [0.2, 0.25) is 0 Å². The van der Waals surface area contributed by atoms with E-state index in [1.165, 1.54) is 0 Å². The van der Waals surface area contributed by atoms with Gasteiger partial charge in [0.25, 0.3) is 0 Å². The van der Waals surface area contributed by atoms with Crippen LogP contribution in [0.15, 0.2) is 0 Å². The van der Waals surface area contributed by atoms with Gasteiger partial charge < -0.3 is 5.73 Å². The third-order valence-electron chi connectivity index (χ3n) is 2.14. The second-order valence-corrected chi connectivity index (χ2v) is 5.94. The van der Waals surface area contributed by atoms with Crippen molar-refractivity contribution in [3.05, 3.63) is 0 Å². The van der Waals surface area contributed by atoms with Crippen molar-refractivity contribution in [2.75, 3.05) is 12.3 Å². The highest BCUT2D eigenvalue weighted by Gasteiger charge is 2.22. The lowest BCUT2D eigenvalue weighted by Gasteiger charge is -2.15. The molecule has 0 spiro atoms. The molecule has 0 bridgehead atoms. The van der Waals surface area contributed by atoms with Gasteiger partial charge in [0.1, 0.15) is 0 Å². The first-order valence-electron chi connectivity index (χ1n) is 4.33. The van der Waals surface area contributed by atoms with E-state index in [1.807, 2.05) is 13.8 Å². The standard InChI is InChI=1S/C8H19NO2S/c1-7(2)8(3)12(10,11)6-4-5-9/h7-8H,4-6,9H2,1-3H3. The number of sulfone groups is 1. The average Bonchev–Trinajstić information content (AvgIpc) is 1.99. The molecule has 0 amide bonds. The first-order valence-corrected chi connectivity index (χ1v) is 6.05. The fourth-order valence-electron chi connectivity index (χ4n) is 0.885. The van der Waals surface area contributed by atoms with Crippen LogP contribution in [0.3, 0.4) is 0 Å². The average molecular weight is 193 g/mol. The molecule has 0 aromatic rings. The van der Waals surface area contributed by atoms with Gasteiger partial charge >= 0.3 is 0 Å². The summed E-state index contributed by atoms with van der Waals surface area (Å²) in [5, 5.41) is -0.246. The van der Waals surface area contributed by atoms with Crippen LogP contribution in [0.4, 0.5) is 0 Å². The largest absolute Gasteiger partial charge is 0.330 e. The van der Waals surface area contributed by atoms with Gasteiger partial charge in [-0.3, -0.25) is 0 Å². The van der Waals surface area contributed by atoms with Crippen molar-refractivity contribution in [1.82, 2.24) is 0 Å². The van der Waals surface area contributed by atoms with E-state index in [-0.39, 0.29) is 16.9 Å². The molecule has 0 aliphatic heterocycles. The molecule has 3 nitrogen and oxygen atoms in total. The molecule has 2 N–H and O–H groups in total. The first-order chi connectivity index (χ1) is 5.41. The van der Waals surface area contributed by atoms with E-state index in [1.54, 1.807) is 6.92 Å². The molecule has 1 unspecified atom stereocenters. The predicted octanol–water partition coefficient (Wildman–Crippen LogP) is 0.794. The molecule has 0 aromatic heterocycles. The van der Waals surface area contributed by atoms with Crippen LogP contribution in [0.5, 0.6) is 0 Å². The molecular formula is C8H19NO2S. The van der Waals surface area contributed by atoms with Gasteiger partial charge in [-0.15, -0.1) is 0 Å². The molecule has 12 heavy (non-hydrogen) atoms. The third-order valence-corrected chi connectivity index (χ3v) is 4.67. The zero-order valence-corrected chi connectivity index (χ0v) is 8.89. The van der Waals surface area contributed by atoms with Gasteiger partial charge in [0.15, 0.2) is 9.84 Å². The topological polar surface area (TPSA) is 60.2 Å². The van der Waals surface area contributed by atoms with Crippen molar-refractivity contribution in [3.8, 4) is 0 Å². The van der Waals surface area contributed by atoms with E-state index in [0.29, 0.717) is 13.0 Å². The Kier molecular flexibility index (Phi) is 4.78. The highest BCUT2D eigenvalue weighted by atomic mass is 32.2. The summed E-state index contributed by atoms with van der Waals surface area (Å²) in [6, 6.07) is 0. The third kappa shape index (κ3) is 3.54. The Hall–Kier alpha value is -0.0900. The van der Waals surface area contributed by atoms with Gasteiger partial charge in [-0.25, -0.2) is 8.42 Å². The zero-order valence-electron chi connectivity index (χ0n) is 8.08. The minimum absolute atomic E-state index is 0.188. The summed E-state index contributed by atoms with van der Waals surface area (Å²) in [7, 11) is -2.90. The minimum atomic E-state index is -2.90. The lowest BCUT2D eigenvalue weighted by atomic mass is 10.2. The van der Waals surface area contributed by atoms with Crippen LogP contribution >= 0.6 is 0 Å². The lowest BCUT2D eigenvalue weighted by molar-refractivity contribution is 0.544. The Balaban J connectivity index is 4.21. The Bertz CT molecular complexity index is 209. The molecule has 0 fully saturated rings. The van der Waals surface area contributed by atoms with Crippen LogP contribution < -0.4 is 5.73 Å². The second kappa shape index (κ2) is 4.82.